The molecule has 0 unspecified atom stereocenters. The topological polar surface area (TPSA) is 272 Å². The van der Waals surface area contributed by atoms with E-state index in [0.717, 1.165) is 43.8 Å². The van der Waals surface area contributed by atoms with Crippen molar-refractivity contribution in [1.29, 1.82) is 0 Å². The molecule has 1 aromatic carbocycles. The first-order chi connectivity index (χ1) is 33.6. The molecule has 0 saturated carbocycles. The number of likely N-dealkylation sites (tertiary alicyclic amines) is 1. The van der Waals surface area contributed by atoms with Crippen LogP contribution in [0.15, 0.2) is 30.3 Å². The van der Waals surface area contributed by atoms with Gasteiger partial charge in [-0.05, 0) is 69.8 Å². The number of nitrogens with one attached hydrogen (secondary N) is 3. The molecule has 21 nitrogen and oxygen atoms in total. The van der Waals surface area contributed by atoms with Crippen LogP contribution in [0, 0.1) is 17.8 Å². The molecule has 1 aliphatic rings. The van der Waals surface area contributed by atoms with Crippen molar-refractivity contribution >= 4 is 59.1 Å². The van der Waals surface area contributed by atoms with Crippen molar-refractivity contribution in [2.24, 2.45) is 23.5 Å². The highest BCUT2D eigenvalue weighted by atomic mass is 16.3. The van der Waals surface area contributed by atoms with Crippen molar-refractivity contribution in [2.75, 3.05) is 54.9 Å². The largest absolute Gasteiger partial charge is 0.391 e. The highest BCUT2D eigenvalue weighted by molar-refractivity contribution is 6.08. The van der Waals surface area contributed by atoms with Crippen LogP contribution in [0.5, 0.6) is 0 Å². The molecule has 0 spiro atoms. The van der Waals surface area contributed by atoms with Crippen molar-refractivity contribution in [1.82, 2.24) is 45.3 Å². The number of likely N-dealkylation sites (N-methyl/N-ethyl adjacent to an activating group) is 5. The van der Waals surface area contributed by atoms with Gasteiger partial charge in [0.05, 0.1) is 12.6 Å². The number of amides is 10. The minimum absolute atomic E-state index is 0.00184. The predicted octanol–water partition coefficient (Wildman–Crippen LogP) is 0.507. The molecule has 404 valence electrons. The monoisotopic (exact) mass is 1010 g/mol. The fraction of sp³-hybridized carbons (Fsp3) is 0.686. The van der Waals surface area contributed by atoms with Gasteiger partial charge in [-0.2, -0.15) is 0 Å². The van der Waals surface area contributed by atoms with E-state index >= 15 is 0 Å². The number of hydrogen-bond donors (Lipinski definition) is 5. The second-order valence-electron chi connectivity index (χ2n) is 20.2. The van der Waals surface area contributed by atoms with Gasteiger partial charge in [0.25, 0.3) is 11.8 Å². The first-order valence-electron chi connectivity index (χ1n) is 25.1. The van der Waals surface area contributed by atoms with Crippen LogP contribution in [0.4, 0.5) is 0 Å². The van der Waals surface area contributed by atoms with Gasteiger partial charge in [0.1, 0.15) is 36.3 Å². The maximum Gasteiger partial charge on any atom is 0.255 e. The van der Waals surface area contributed by atoms with Crippen molar-refractivity contribution in [2.45, 2.75) is 156 Å². The lowest BCUT2D eigenvalue weighted by Gasteiger charge is -2.36. The van der Waals surface area contributed by atoms with Gasteiger partial charge >= 0.3 is 0 Å². The van der Waals surface area contributed by atoms with E-state index < -0.39 is 114 Å². The zero-order valence-electron chi connectivity index (χ0n) is 45.1. The fourth-order valence-corrected chi connectivity index (χ4v) is 8.45. The standard InChI is InChI=1S/C51H84N10O11/c1-15-32(6)27-39(63)54-42(51(72)61-24-20-17-21-25-61)50(71)57(11)33(7)45(66)53-37(28-36-22-18-16-19-23-36)48(69)58(12)34(8)47(68)59(13)38(26-30(2)3)46(67)55-41(35(9)62)49(70)56(10)29-40(64)60(14)43(31(4)5)44(52)65/h16,18-19,22-23,30-35,37-38,41-43,62H,15,17,20-21,24-29H2,1-14H3,(H2,52,65)(H,53,66)(H,54,63)(H,55,67)/t32-,33+,34-,35+,37-,38-,41-,42-,43-/m0/s1. The van der Waals surface area contributed by atoms with Crippen LogP contribution in [-0.4, -0.2) is 197 Å². The Morgan fingerprint density at radius 1 is 0.681 bits per heavy atom. The molecule has 0 aromatic heterocycles. The molecule has 1 fully saturated rings. The lowest BCUT2D eigenvalue weighted by atomic mass is 10.00. The van der Waals surface area contributed by atoms with E-state index in [-0.39, 0.29) is 37.0 Å². The molecule has 1 heterocycles. The summed E-state index contributed by atoms with van der Waals surface area (Å²) in [5.74, 6) is -7.36. The lowest BCUT2D eigenvalue weighted by Crippen LogP contribution is -2.61. The van der Waals surface area contributed by atoms with Gasteiger partial charge in [-0.15, -0.1) is 0 Å². The molecule has 72 heavy (non-hydrogen) atoms. The van der Waals surface area contributed by atoms with Crippen LogP contribution >= 0.6 is 0 Å². The molecule has 0 aliphatic carbocycles. The smallest absolute Gasteiger partial charge is 0.255 e. The van der Waals surface area contributed by atoms with E-state index in [4.69, 9.17) is 5.73 Å². The number of aliphatic hydroxyl groups is 1. The normalized spacial score (nSPS) is 16.3. The van der Waals surface area contributed by atoms with E-state index in [1.165, 1.54) is 56.0 Å². The van der Waals surface area contributed by atoms with Gasteiger partial charge in [-0.25, -0.2) is 0 Å². The van der Waals surface area contributed by atoms with Crippen LogP contribution in [0.3, 0.4) is 0 Å². The SMILES string of the molecule is CC[C@H](C)CC(=O)N[C@H](C(=O)N1CCCCC1)C(=O)N(C)[C@H](C)C(=O)N[C@@H](Cc1ccccc1)C(=O)N(C)[C@@H](C)C(=O)N(C)[C@@H](CC(C)C)C(=O)N[C@H](C(=O)N(C)CC(=O)N(C)[C@H](C(N)=O)C(C)C)[C@@H](C)O. The quantitative estimate of drug-likeness (QED) is 0.0798. The minimum Gasteiger partial charge on any atom is -0.391 e. The molecule has 0 radical (unpaired) electrons. The number of piperidine rings is 1. The van der Waals surface area contributed by atoms with Crippen molar-refractivity contribution in [3.8, 4) is 0 Å². The van der Waals surface area contributed by atoms with E-state index in [1.807, 2.05) is 27.7 Å². The third kappa shape index (κ3) is 17.6. The Kier molecular flexibility index (Phi) is 24.8. The van der Waals surface area contributed by atoms with Gasteiger partial charge in [0.2, 0.25) is 47.3 Å². The summed E-state index contributed by atoms with van der Waals surface area (Å²) in [6, 6.07) is -0.206. The van der Waals surface area contributed by atoms with Gasteiger partial charge in [0, 0.05) is 61.2 Å². The average Bonchev–Trinajstić information content (AvgIpc) is 3.33. The first-order valence-corrected chi connectivity index (χ1v) is 25.1. The van der Waals surface area contributed by atoms with Crippen molar-refractivity contribution in [3.05, 3.63) is 35.9 Å². The van der Waals surface area contributed by atoms with E-state index in [1.54, 1.807) is 49.1 Å². The van der Waals surface area contributed by atoms with E-state index in [9.17, 15) is 53.1 Å². The summed E-state index contributed by atoms with van der Waals surface area (Å²) in [6.45, 7) is 15.4. The van der Waals surface area contributed by atoms with Crippen LogP contribution in [-0.2, 0) is 54.4 Å². The Balaban J connectivity index is 2.38. The second-order valence-corrected chi connectivity index (χ2v) is 20.2. The molecule has 1 saturated heterocycles. The lowest BCUT2D eigenvalue weighted by molar-refractivity contribution is -0.151. The third-order valence-electron chi connectivity index (χ3n) is 13.5. The molecule has 21 heteroatoms. The Hall–Kier alpha value is -6.12. The number of carbonyl (C=O) groups is 10. The Morgan fingerprint density at radius 2 is 1.25 bits per heavy atom. The average molecular weight is 1010 g/mol. The third-order valence-corrected chi connectivity index (χ3v) is 13.5. The molecule has 10 amide bonds. The molecular weight excluding hydrogens is 929 g/mol. The van der Waals surface area contributed by atoms with Crippen LogP contribution in [0.1, 0.15) is 106 Å². The van der Waals surface area contributed by atoms with E-state index in [0.29, 0.717) is 25.1 Å². The highest BCUT2D eigenvalue weighted by Crippen LogP contribution is 2.18. The number of carbonyl (C=O) groups excluding carboxylic acids is 10. The van der Waals surface area contributed by atoms with Crippen molar-refractivity contribution in [3.63, 3.8) is 0 Å². The van der Waals surface area contributed by atoms with Crippen LogP contribution < -0.4 is 21.7 Å². The summed E-state index contributed by atoms with van der Waals surface area (Å²) in [6.07, 6.45) is 1.86. The van der Waals surface area contributed by atoms with Gasteiger partial charge in [-0.1, -0.05) is 78.3 Å². The zero-order valence-corrected chi connectivity index (χ0v) is 45.1. The molecule has 1 aromatic rings. The number of nitrogens with two attached hydrogens (primary N) is 1. The number of nitrogens with zero attached hydrogens (tertiary/aromatic N) is 6. The predicted molar refractivity (Wildman–Crippen MR) is 271 cm³/mol. The van der Waals surface area contributed by atoms with E-state index in [2.05, 4.69) is 16.0 Å². The van der Waals surface area contributed by atoms with Crippen LogP contribution in [0.25, 0.3) is 0 Å². The molecule has 9 atom stereocenters. The molecule has 2 rings (SSSR count). The second kappa shape index (κ2) is 28.8. The van der Waals surface area contributed by atoms with Gasteiger partial charge in [0.15, 0.2) is 6.04 Å². The number of benzene rings is 1. The maximum absolute atomic E-state index is 14.5. The number of hydrogen-bond acceptors (Lipinski definition) is 11. The van der Waals surface area contributed by atoms with Gasteiger partial charge in [-0.3, -0.25) is 47.9 Å². The Bertz CT molecular complexity index is 2050. The number of rotatable bonds is 26. The molecule has 6 N–H and O–H groups in total. The summed E-state index contributed by atoms with van der Waals surface area (Å²) in [5.41, 5.74) is 6.19. The summed E-state index contributed by atoms with van der Waals surface area (Å²) in [5, 5.41) is 18.7. The van der Waals surface area contributed by atoms with Gasteiger partial charge < -0.3 is 56.2 Å². The minimum atomic E-state index is -1.57. The zero-order chi connectivity index (χ0) is 54.9. The summed E-state index contributed by atoms with van der Waals surface area (Å²) >= 11 is 0. The Labute approximate surface area is 426 Å². The van der Waals surface area contributed by atoms with Crippen LogP contribution in [0.2, 0.25) is 0 Å². The molecular formula is C51H84N10O11. The molecule has 1 aliphatic heterocycles. The van der Waals surface area contributed by atoms with Crippen molar-refractivity contribution < 1.29 is 53.1 Å². The summed E-state index contributed by atoms with van der Waals surface area (Å²) < 4.78 is 0. The number of primary amides is 1. The molecule has 0 bridgehead atoms. The summed E-state index contributed by atoms with van der Waals surface area (Å²) in [7, 11) is 6.79. The highest BCUT2D eigenvalue weighted by Gasteiger charge is 2.41. The maximum atomic E-state index is 14.5. The first kappa shape index (κ1) is 62.0. The Morgan fingerprint density at radius 3 is 1.76 bits per heavy atom. The number of aliphatic hydroxyl groups excluding tert-OH is 1. The fourth-order valence-electron chi connectivity index (χ4n) is 8.45. The summed E-state index contributed by atoms with van der Waals surface area (Å²) in [4.78, 5) is 144.